The Hall–Kier alpha value is -2.11. The summed E-state index contributed by atoms with van der Waals surface area (Å²) in [7, 11) is 0. The average Bonchev–Trinajstić information content (AvgIpc) is 2.83. The van der Waals surface area contributed by atoms with Crippen LogP contribution < -0.4 is 10.1 Å². The summed E-state index contributed by atoms with van der Waals surface area (Å²) in [4.78, 5) is 15.2. The van der Waals surface area contributed by atoms with E-state index in [4.69, 9.17) is 39.5 Å². The van der Waals surface area contributed by atoms with Crippen LogP contribution in [0, 0.1) is 0 Å². The topological polar surface area (TPSA) is 41.6 Å². The first kappa shape index (κ1) is 29.4. The number of nitrogens with one attached hydrogen (secondary N) is 1. The zero-order valence-corrected chi connectivity index (χ0v) is 24.3. The average molecular weight is 582 g/mol. The van der Waals surface area contributed by atoms with Gasteiger partial charge in [0, 0.05) is 30.7 Å². The van der Waals surface area contributed by atoms with Crippen molar-refractivity contribution >= 4 is 59.0 Å². The smallest absolute Gasteiger partial charge is 0.408 e. The van der Waals surface area contributed by atoms with Gasteiger partial charge in [-0.25, -0.2) is 4.79 Å². The number of carbonyl (C=O) groups excluding carboxylic acids is 1. The van der Waals surface area contributed by atoms with E-state index in [9.17, 15) is 4.79 Å². The zero-order chi connectivity index (χ0) is 25.9. The fourth-order valence-electron chi connectivity index (χ4n) is 4.29. The van der Waals surface area contributed by atoms with Crippen LogP contribution in [0.5, 0.6) is 5.75 Å². The number of fused-ring (bicyclic) bond motifs is 1. The number of anilines is 1. The van der Waals surface area contributed by atoms with Gasteiger partial charge in [-0.15, -0.1) is 12.4 Å². The van der Waals surface area contributed by atoms with Crippen molar-refractivity contribution in [2.45, 2.75) is 52.0 Å². The number of rotatable bonds is 6. The lowest BCUT2D eigenvalue weighted by Crippen LogP contribution is -2.35. The molecule has 1 N–H and O–H groups in total. The molecule has 1 aliphatic rings. The molecule has 0 spiro atoms. The summed E-state index contributed by atoms with van der Waals surface area (Å²) in [5.41, 5.74) is 5.24. The van der Waals surface area contributed by atoms with Gasteiger partial charge in [-0.05, 0) is 65.1 Å². The van der Waals surface area contributed by atoms with Crippen molar-refractivity contribution in [2.75, 3.05) is 18.4 Å². The van der Waals surface area contributed by atoms with Gasteiger partial charge in [-0.2, -0.15) is 0 Å². The maximum Gasteiger partial charge on any atom is 0.415 e. The molecule has 0 radical (unpaired) electrons. The lowest BCUT2D eigenvalue weighted by molar-refractivity contribution is 0.150. The third-order valence-corrected chi connectivity index (χ3v) is 7.33. The molecule has 198 valence electrons. The van der Waals surface area contributed by atoms with Crippen LogP contribution in [0.3, 0.4) is 0 Å². The minimum Gasteiger partial charge on any atom is -0.408 e. The summed E-state index contributed by atoms with van der Waals surface area (Å²) in [5.74, 6) is 0.463. The Kier molecular flexibility index (Phi) is 10.0. The van der Waals surface area contributed by atoms with Crippen molar-refractivity contribution in [1.29, 1.82) is 0 Å². The van der Waals surface area contributed by atoms with Crippen molar-refractivity contribution in [1.82, 2.24) is 4.90 Å². The van der Waals surface area contributed by atoms with Gasteiger partial charge in [-0.1, -0.05) is 85.9 Å². The van der Waals surface area contributed by atoms with Crippen LogP contribution >= 0.6 is 47.2 Å². The highest BCUT2D eigenvalue weighted by atomic mass is 35.5. The maximum atomic E-state index is 13.5. The van der Waals surface area contributed by atoms with Crippen LogP contribution in [-0.2, 0) is 24.8 Å². The first-order valence-electron chi connectivity index (χ1n) is 12.2. The molecular formula is C29H32Cl4N2O2. The van der Waals surface area contributed by atoms with Crippen molar-refractivity contribution in [3.8, 4) is 5.75 Å². The Balaban J connectivity index is 0.00000380. The largest absolute Gasteiger partial charge is 0.415 e. The number of hydrogen-bond acceptors (Lipinski definition) is 3. The van der Waals surface area contributed by atoms with E-state index < -0.39 is 6.09 Å². The highest BCUT2D eigenvalue weighted by molar-refractivity contribution is 6.42. The Morgan fingerprint density at radius 2 is 1.68 bits per heavy atom. The van der Waals surface area contributed by atoms with Crippen molar-refractivity contribution in [3.63, 3.8) is 0 Å². The molecule has 0 unspecified atom stereocenters. The van der Waals surface area contributed by atoms with Gasteiger partial charge in [0.05, 0.1) is 15.7 Å². The molecule has 0 aliphatic carbocycles. The molecule has 0 aromatic heterocycles. The second-order valence-corrected chi connectivity index (χ2v) is 11.5. The lowest BCUT2D eigenvalue weighted by atomic mass is 9.87. The van der Waals surface area contributed by atoms with E-state index in [1.807, 2.05) is 18.2 Å². The molecule has 8 heteroatoms. The summed E-state index contributed by atoms with van der Waals surface area (Å²) in [6.07, 6.45) is 2.10. The Bertz CT molecular complexity index is 1240. The lowest BCUT2D eigenvalue weighted by Gasteiger charge is -2.26. The Morgan fingerprint density at radius 3 is 2.35 bits per heavy atom. The summed E-state index contributed by atoms with van der Waals surface area (Å²) >= 11 is 18.6. The molecule has 4 nitrogen and oxygen atoms in total. The van der Waals surface area contributed by atoms with E-state index in [0.717, 1.165) is 41.8 Å². The molecule has 37 heavy (non-hydrogen) atoms. The van der Waals surface area contributed by atoms with E-state index in [1.54, 1.807) is 17.0 Å². The maximum absolute atomic E-state index is 13.5. The van der Waals surface area contributed by atoms with E-state index in [1.165, 1.54) is 5.56 Å². The molecule has 1 aliphatic heterocycles. The minimum absolute atomic E-state index is 0. The van der Waals surface area contributed by atoms with Crippen molar-refractivity contribution < 1.29 is 9.53 Å². The van der Waals surface area contributed by atoms with Gasteiger partial charge in [0.1, 0.15) is 0 Å². The number of carbonyl (C=O) groups is 1. The Morgan fingerprint density at radius 1 is 0.973 bits per heavy atom. The van der Waals surface area contributed by atoms with Gasteiger partial charge in [0.2, 0.25) is 0 Å². The third-order valence-electron chi connectivity index (χ3n) is 6.38. The number of hydrogen-bond donors (Lipinski definition) is 1. The molecule has 0 fully saturated rings. The van der Waals surface area contributed by atoms with Crippen LogP contribution in [0.25, 0.3) is 0 Å². The van der Waals surface area contributed by atoms with E-state index >= 15 is 0 Å². The summed E-state index contributed by atoms with van der Waals surface area (Å²) in [6.45, 7) is 8.25. The van der Waals surface area contributed by atoms with Crippen LogP contribution in [0.4, 0.5) is 10.5 Å². The van der Waals surface area contributed by atoms with Gasteiger partial charge in [0.25, 0.3) is 0 Å². The van der Waals surface area contributed by atoms with Crippen molar-refractivity contribution in [3.05, 3.63) is 91.9 Å². The van der Waals surface area contributed by atoms with Crippen LogP contribution in [0.2, 0.25) is 15.1 Å². The molecule has 3 aromatic rings. The number of aryl methyl sites for hydroxylation is 1. The monoisotopic (exact) mass is 580 g/mol. The van der Waals surface area contributed by atoms with Gasteiger partial charge in [-0.3, -0.25) is 0 Å². The van der Waals surface area contributed by atoms with Crippen LogP contribution in [-0.4, -0.2) is 24.1 Å². The number of ether oxygens (including phenoxy) is 1. The molecule has 0 atom stereocenters. The van der Waals surface area contributed by atoms with Crippen molar-refractivity contribution in [2.24, 2.45) is 0 Å². The number of halogens is 4. The second-order valence-electron chi connectivity index (χ2n) is 10.2. The number of benzene rings is 3. The summed E-state index contributed by atoms with van der Waals surface area (Å²) in [6, 6.07) is 17.5. The highest BCUT2D eigenvalue weighted by Crippen LogP contribution is 2.36. The first-order valence-corrected chi connectivity index (χ1v) is 13.3. The predicted octanol–water partition coefficient (Wildman–Crippen LogP) is 8.97. The van der Waals surface area contributed by atoms with Gasteiger partial charge < -0.3 is 15.0 Å². The summed E-state index contributed by atoms with van der Waals surface area (Å²) in [5, 5.41) is 4.92. The standard InChI is InChI=1S/C29H31Cl3N2O2.ClH/c1-29(2,3)22-9-6-20(7-10-22)18-34(14-12-19-8-11-24(31)25(32)15-19)28(35)36-26-17-23(30)16-21-5-4-13-33-27(21)26;/h6-11,15-17,33H,4-5,12-14,18H2,1-3H3;1H. The third kappa shape index (κ3) is 7.70. The highest BCUT2D eigenvalue weighted by Gasteiger charge is 2.22. The normalized spacial score (nSPS) is 12.7. The Labute approximate surface area is 240 Å². The molecule has 4 rings (SSSR count). The van der Waals surface area contributed by atoms with E-state index in [0.29, 0.717) is 40.3 Å². The minimum atomic E-state index is -0.424. The van der Waals surface area contributed by atoms with Gasteiger partial charge in [0.15, 0.2) is 5.75 Å². The zero-order valence-electron chi connectivity index (χ0n) is 21.2. The quantitative estimate of drug-likeness (QED) is 0.316. The van der Waals surface area contributed by atoms with E-state index in [-0.39, 0.29) is 17.8 Å². The second kappa shape index (κ2) is 12.6. The van der Waals surface area contributed by atoms with Gasteiger partial charge >= 0.3 is 6.09 Å². The number of amides is 1. The molecular weight excluding hydrogens is 550 g/mol. The molecule has 3 aromatic carbocycles. The molecule has 0 saturated carbocycles. The predicted molar refractivity (Wildman–Crippen MR) is 157 cm³/mol. The molecule has 0 bridgehead atoms. The molecule has 1 amide bonds. The van der Waals surface area contributed by atoms with Crippen LogP contribution in [0.15, 0.2) is 54.6 Å². The first-order chi connectivity index (χ1) is 17.1. The SMILES string of the molecule is CC(C)(C)c1ccc(CN(CCc2ccc(Cl)c(Cl)c2)C(=O)Oc2cc(Cl)cc3c2NCCC3)cc1.Cl. The van der Waals surface area contributed by atoms with Crippen LogP contribution in [0.1, 0.15) is 49.4 Å². The fourth-order valence-corrected chi connectivity index (χ4v) is 4.84. The molecule has 0 saturated heterocycles. The summed E-state index contributed by atoms with van der Waals surface area (Å²) < 4.78 is 5.93. The number of nitrogens with zero attached hydrogens (tertiary/aromatic N) is 1. The van der Waals surface area contributed by atoms with E-state index in [2.05, 4.69) is 50.4 Å². The molecule has 1 heterocycles. The fraction of sp³-hybridized carbons (Fsp3) is 0.345.